The molecule has 0 aromatic heterocycles. The fraction of sp³-hybridized carbons (Fsp3) is 0.276. The Morgan fingerprint density at radius 1 is 0.941 bits per heavy atom. The van der Waals surface area contributed by atoms with Crippen LogP contribution in [0.3, 0.4) is 0 Å². The van der Waals surface area contributed by atoms with Crippen LogP contribution in [0.2, 0.25) is 0 Å². The fourth-order valence-corrected chi connectivity index (χ4v) is 3.64. The van der Waals surface area contributed by atoms with Gasteiger partial charge in [0.25, 0.3) is 0 Å². The lowest BCUT2D eigenvalue weighted by molar-refractivity contribution is -0.268. The average molecular weight is 457 g/mol. The van der Waals surface area contributed by atoms with Crippen LogP contribution in [0.25, 0.3) is 0 Å². The van der Waals surface area contributed by atoms with Crippen molar-refractivity contribution >= 4 is 11.7 Å². The molecule has 3 rings (SSSR count). The number of ether oxygens (including phenoxy) is 1. The number of benzene rings is 3. The van der Waals surface area contributed by atoms with Gasteiger partial charge in [0.15, 0.2) is 0 Å². The van der Waals surface area contributed by atoms with Gasteiger partial charge >= 0.3 is 5.97 Å². The molecule has 34 heavy (non-hydrogen) atoms. The zero-order valence-corrected chi connectivity index (χ0v) is 19.7. The fourth-order valence-electron chi connectivity index (χ4n) is 3.64. The van der Waals surface area contributed by atoms with Crippen molar-refractivity contribution in [3.63, 3.8) is 0 Å². The molecule has 0 aliphatic rings. The Bertz CT molecular complexity index is 1140. The van der Waals surface area contributed by atoms with E-state index < -0.39 is 11.7 Å². The Balaban J connectivity index is 1.75. The van der Waals surface area contributed by atoms with Crippen LogP contribution in [-0.2, 0) is 6.54 Å². The SMILES string of the molecule is CCCCCCN(Cc1ccc(C#Cc2ccc(OC)cc2)cc1)c1ccc([O-])c(C(=O)O)c1. The lowest BCUT2D eigenvalue weighted by Crippen LogP contribution is -2.24. The molecule has 0 atom stereocenters. The molecule has 176 valence electrons. The number of nitrogens with zero attached hydrogens (tertiary/aromatic N) is 1. The van der Waals surface area contributed by atoms with Crippen LogP contribution in [0, 0.1) is 11.8 Å². The number of unbranched alkanes of at least 4 members (excludes halogenated alkanes) is 3. The third kappa shape index (κ3) is 7.05. The zero-order valence-electron chi connectivity index (χ0n) is 19.7. The van der Waals surface area contributed by atoms with Gasteiger partial charge in [0, 0.05) is 29.9 Å². The molecule has 0 heterocycles. The second-order valence-corrected chi connectivity index (χ2v) is 8.14. The highest BCUT2D eigenvalue weighted by Gasteiger charge is 2.12. The van der Waals surface area contributed by atoms with Crippen molar-refractivity contribution in [2.45, 2.75) is 39.2 Å². The van der Waals surface area contributed by atoms with Crippen LogP contribution in [0.4, 0.5) is 5.69 Å². The van der Waals surface area contributed by atoms with Gasteiger partial charge in [0.1, 0.15) is 5.75 Å². The Morgan fingerprint density at radius 3 is 2.18 bits per heavy atom. The van der Waals surface area contributed by atoms with Crippen molar-refractivity contribution in [2.24, 2.45) is 0 Å². The Kier molecular flexibility index (Phi) is 8.99. The summed E-state index contributed by atoms with van der Waals surface area (Å²) in [6.07, 6.45) is 4.42. The van der Waals surface area contributed by atoms with Crippen molar-refractivity contribution in [1.29, 1.82) is 0 Å². The highest BCUT2D eigenvalue weighted by Crippen LogP contribution is 2.25. The summed E-state index contributed by atoms with van der Waals surface area (Å²) in [5.41, 5.74) is 3.47. The average Bonchev–Trinajstić information content (AvgIpc) is 2.86. The minimum Gasteiger partial charge on any atom is -0.872 e. The third-order valence-electron chi connectivity index (χ3n) is 5.61. The summed E-state index contributed by atoms with van der Waals surface area (Å²) >= 11 is 0. The summed E-state index contributed by atoms with van der Waals surface area (Å²) in [6.45, 7) is 3.58. The van der Waals surface area contributed by atoms with Gasteiger partial charge in [0.2, 0.25) is 0 Å². The van der Waals surface area contributed by atoms with Crippen molar-refractivity contribution in [1.82, 2.24) is 0 Å². The predicted molar refractivity (Wildman–Crippen MR) is 133 cm³/mol. The molecule has 0 aliphatic carbocycles. The molecule has 0 aliphatic heterocycles. The van der Waals surface area contributed by atoms with Crippen LogP contribution >= 0.6 is 0 Å². The summed E-state index contributed by atoms with van der Waals surface area (Å²) in [6, 6.07) is 20.2. The number of hydrogen-bond donors (Lipinski definition) is 1. The lowest BCUT2D eigenvalue weighted by atomic mass is 10.1. The molecular formula is C29H30NO4-. The molecule has 5 nitrogen and oxygen atoms in total. The van der Waals surface area contributed by atoms with E-state index in [0.717, 1.165) is 60.4 Å². The third-order valence-corrected chi connectivity index (χ3v) is 5.61. The molecule has 5 heteroatoms. The normalized spacial score (nSPS) is 10.3. The van der Waals surface area contributed by atoms with Crippen LogP contribution in [0.15, 0.2) is 66.7 Å². The molecule has 0 amide bonds. The van der Waals surface area contributed by atoms with Crippen LogP contribution in [0.5, 0.6) is 11.5 Å². The number of aromatic carboxylic acids is 1. The number of methoxy groups -OCH3 is 1. The zero-order chi connectivity index (χ0) is 24.3. The van der Waals surface area contributed by atoms with Gasteiger partial charge < -0.3 is 19.8 Å². The first-order valence-corrected chi connectivity index (χ1v) is 11.5. The van der Waals surface area contributed by atoms with E-state index in [2.05, 4.69) is 23.7 Å². The molecular weight excluding hydrogens is 426 g/mol. The smallest absolute Gasteiger partial charge is 0.335 e. The molecule has 3 aromatic rings. The van der Waals surface area contributed by atoms with Gasteiger partial charge in [-0.25, -0.2) is 4.79 Å². The van der Waals surface area contributed by atoms with Gasteiger partial charge in [-0.3, -0.25) is 0 Å². The Hall–Kier alpha value is -3.91. The first kappa shape index (κ1) is 24.7. The quantitative estimate of drug-likeness (QED) is 0.324. The van der Waals surface area contributed by atoms with Crippen molar-refractivity contribution in [3.8, 4) is 23.3 Å². The number of anilines is 1. The monoisotopic (exact) mass is 456 g/mol. The summed E-state index contributed by atoms with van der Waals surface area (Å²) < 4.78 is 5.17. The first-order chi connectivity index (χ1) is 16.5. The van der Waals surface area contributed by atoms with Crippen LogP contribution < -0.4 is 14.7 Å². The van der Waals surface area contributed by atoms with Crippen molar-refractivity contribution < 1.29 is 19.7 Å². The second kappa shape index (κ2) is 12.4. The summed E-state index contributed by atoms with van der Waals surface area (Å²) in [7, 11) is 1.64. The predicted octanol–water partition coefficient (Wildman–Crippen LogP) is 5.45. The molecule has 0 saturated carbocycles. The van der Waals surface area contributed by atoms with E-state index in [1.165, 1.54) is 12.1 Å². The molecule has 0 unspecified atom stereocenters. The van der Waals surface area contributed by atoms with Crippen molar-refractivity contribution in [3.05, 3.63) is 89.0 Å². The Morgan fingerprint density at radius 2 is 1.59 bits per heavy atom. The first-order valence-electron chi connectivity index (χ1n) is 11.5. The number of rotatable bonds is 10. The summed E-state index contributed by atoms with van der Waals surface area (Å²) in [5, 5.41) is 21.3. The molecule has 0 bridgehead atoms. The van der Waals surface area contributed by atoms with Crippen molar-refractivity contribution in [2.75, 3.05) is 18.6 Å². The van der Waals surface area contributed by atoms with Crippen LogP contribution in [-0.4, -0.2) is 24.7 Å². The van der Waals surface area contributed by atoms with E-state index in [4.69, 9.17) is 4.74 Å². The molecule has 0 fully saturated rings. The topological polar surface area (TPSA) is 72.8 Å². The minimum absolute atomic E-state index is 0.194. The van der Waals surface area contributed by atoms with Gasteiger partial charge in [0.05, 0.1) is 12.7 Å². The molecule has 1 N–H and O–H groups in total. The van der Waals surface area contributed by atoms with Gasteiger partial charge in [-0.1, -0.05) is 62.0 Å². The highest BCUT2D eigenvalue weighted by molar-refractivity contribution is 5.91. The van der Waals surface area contributed by atoms with Crippen LogP contribution in [0.1, 0.15) is 59.7 Å². The Labute approximate surface area is 201 Å². The van der Waals surface area contributed by atoms with E-state index in [9.17, 15) is 15.0 Å². The standard InChI is InChI=1S/C29H31NO4/c1-3-4-5-6-19-30(25-15-18-28(31)27(20-25)29(32)33)21-24-11-9-22(10-12-24)7-8-23-13-16-26(34-2)17-14-23/h9-18,20,31H,3-6,19,21H2,1-2H3,(H,32,33)/p-1. The largest absolute Gasteiger partial charge is 0.872 e. The summed E-state index contributed by atoms with van der Waals surface area (Å²) in [5.74, 6) is 5.47. The maximum Gasteiger partial charge on any atom is 0.335 e. The second-order valence-electron chi connectivity index (χ2n) is 8.14. The van der Waals surface area contributed by atoms with E-state index in [-0.39, 0.29) is 5.56 Å². The molecule has 0 spiro atoms. The van der Waals surface area contributed by atoms with E-state index >= 15 is 0 Å². The number of carboxylic acids is 1. The maximum absolute atomic E-state index is 11.9. The van der Waals surface area contributed by atoms with E-state index in [0.29, 0.717) is 6.54 Å². The highest BCUT2D eigenvalue weighted by atomic mass is 16.5. The number of carbonyl (C=O) groups is 1. The summed E-state index contributed by atoms with van der Waals surface area (Å²) in [4.78, 5) is 13.6. The maximum atomic E-state index is 11.9. The van der Waals surface area contributed by atoms with Gasteiger partial charge in [-0.05, 0) is 60.5 Å². The minimum atomic E-state index is -1.20. The number of hydrogen-bond acceptors (Lipinski definition) is 4. The molecule has 0 saturated heterocycles. The lowest BCUT2D eigenvalue weighted by Gasteiger charge is -2.26. The van der Waals surface area contributed by atoms with Gasteiger partial charge in [-0.2, -0.15) is 0 Å². The van der Waals surface area contributed by atoms with Gasteiger partial charge in [-0.15, -0.1) is 0 Å². The van der Waals surface area contributed by atoms with E-state index in [1.807, 2.05) is 48.5 Å². The molecule has 3 aromatic carbocycles. The van der Waals surface area contributed by atoms with E-state index in [1.54, 1.807) is 13.2 Å². The molecule has 0 radical (unpaired) electrons. The number of carboxylic acid groups (broad SMARTS) is 1.